The van der Waals surface area contributed by atoms with Crippen molar-refractivity contribution in [2.24, 2.45) is 29.4 Å². The molecule has 4 fully saturated rings. The van der Waals surface area contributed by atoms with Crippen LogP contribution >= 0.6 is 0 Å². The maximum Gasteiger partial charge on any atom is 0.0227 e. The minimum atomic E-state index is 0.464. The number of hydrogen-bond donors (Lipinski definition) is 2. The highest BCUT2D eigenvalue weighted by Crippen LogP contribution is 2.53. The molecule has 0 aromatic heterocycles. The Labute approximate surface area is 149 Å². The maximum atomic E-state index is 6.10. The fraction of sp³-hybridized carbons (Fsp3) is 0.818. The van der Waals surface area contributed by atoms with Crippen LogP contribution in [0.15, 0.2) is 23.3 Å². The van der Waals surface area contributed by atoms with Crippen LogP contribution < -0.4 is 11.1 Å². The Balaban J connectivity index is 1.49. The number of allylic oxidation sites excluding steroid dienone is 3. The van der Waals surface area contributed by atoms with Crippen molar-refractivity contribution < 1.29 is 0 Å². The molecule has 4 aliphatic carbocycles. The van der Waals surface area contributed by atoms with E-state index in [2.05, 4.69) is 38.2 Å². The second-order valence-electron chi connectivity index (χ2n) is 9.16. The van der Waals surface area contributed by atoms with Gasteiger partial charge in [0.05, 0.1) is 0 Å². The fourth-order valence-electron chi connectivity index (χ4n) is 5.74. The zero-order valence-electron chi connectivity index (χ0n) is 16.1. The van der Waals surface area contributed by atoms with Crippen molar-refractivity contribution in [2.45, 2.75) is 84.2 Å². The van der Waals surface area contributed by atoms with Gasteiger partial charge in [0, 0.05) is 18.6 Å². The van der Waals surface area contributed by atoms with Crippen LogP contribution in [0.1, 0.15) is 72.1 Å². The lowest BCUT2D eigenvalue weighted by atomic mass is 9.54. The quantitative estimate of drug-likeness (QED) is 0.627. The minimum Gasteiger partial charge on any atom is -0.329 e. The van der Waals surface area contributed by atoms with Gasteiger partial charge in [-0.25, -0.2) is 0 Å². The molecule has 0 aromatic rings. The summed E-state index contributed by atoms with van der Waals surface area (Å²) >= 11 is 0. The molecule has 4 rings (SSSR count). The number of rotatable bonds is 8. The number of nitrogens with two attached hydrogens (primary N) is 1. The van der Waals surface area contributed by atoms with Crippen LogP contribution in [0.5, 0.6) is 0 Å². The second kappa shape index (κ2) is 8.19. The highest BCUT2D eigenvalue weighted by molar-refractivity contribution is 5.05. The molecule has 0 saturated heterocycles. The summed E-state index contributed by atoms with van der Waals surface area (Å²) in [5.41, 5.74) is 9.04. The van der Waals surface area contributed by atoms with E-state index in [-0.39, 0.29) is 0 Å². The standard InChI is InChI=1S/C22H38N2/c1-15(2)5-4-6-16(3)7-8-21(14-23)24-22-19-10-17-9-18(12-19)13-20(22)11-17/h5,7,17-22,24H,4,6,8-14,23H2,1-3H3. The van der Waals surface area contributed by atoms with Gasteiger partial charge in [-0.2, -0.15) is 0 Å². The monoisotopic (exact) mass is 330 g/mol. The molecular formula is C22H38N2. The normalized spacial score (nSPS) is 36.0. The van der Waals surface area contributed by atoms with E-state index in [9.17, 15) is 0 Å². The summed E-state index contributed by atoms with van der Waals surface area (Å²) in [6.45, 7) is 7.40. The van der Waals surface area contributed by atoms with E-state index in [0.29, 0.717) is 6.04 Å². The van der Waals surface area contributed by atoms with Gasteiger partial charge in [-0.1, -0.05) is 23.3 Å². The van der Waals surface area contributed by atoms with Crippen molar-refractivity contribution in [3.63, 3.8) is 0 Å². The maximum absolute atomic E-state index is 6.10. The predicted octanol–water partition coefficient (Wildman–Crippen LogP) is 4.81. The summed E-state index contributed by atoms with van der Waals surface area (Å²) < 4.78 is 0. The molecule has 1 atom stereocenters. The topological polar surface area (TPSA) is 38.0 Å². The van der Waals surface area contributed by atoms with Gasteiger partial charge < -0.3 is 11.1 Å². The molecule has 0 aromatic carbocycles. The zero-order chi connectivity index (χ0) is 17.1. The Morgan fingerprint density at radius 3 is 2.17 bits per heavy atom. The van der Waals surface area contributed by atoms with Crippen molar-refractivity contribution in [3.8, 4) is 0 Å². The average molecular weight is 331 g/mol. The van der Waals surface area contributed by atoms with Gasteiger partial charge in [-0.05, 0) is 95.8 Å². The largest absolute Gasteiger partial charge is 0.329 e. The van der Waals surface area contributed by atoms with Crippen molar-refractivity contribution >= 4 is 0 Å². The molecule has 0 heterocycles. The molecule has 2 nitrogen and oxygen atoms in total. The molecule has 1 unspecified atom stereocenters. The summed E-state index contributed by atoms with van der Waals surface area (Å²) in [6.07, 6.45) is 15.7. The fourth-order valence-corrected chi connectivity index (χ4v) is 5.74. The third kappa shape index (κ3) is 4.52. The Hall–Kier alpha value is -0.600. The predicted molar refractivity (Wildman–Crippen MR) is 104 cm³/mol. The summed E-state index contributed by atoms with van der Waals surface area (Å²) in [7, 11) is 0. The first-order valence-corrected chi connectivity index (χ1v) is 10.3. The van der Waals surface area contributed by atoms with Gasteiger partial charge in [0.15, 0.2) is 0 Å². The SMILES string of the molecule is CC(C)=CCCC(C)=CCC(CN)NC1C2CC3CC(C2)CC1C3. The van der Waals surface area contributed by atoms with Crippen LogP contribution in [0, 0.1) is 23.7 Å². The highest BCUT2D eigenvalue weighted by atomic mass is 15.0. The molecule has 4 saturated carbocycles. The van der Waals surface area contributed by atoms with Crippen molar-refractivity contribution in [3.05, 3.63) is 23.3 Å². The highest BCUT2D eigenvalue weighted by Gasteiger charge is 2.48. The molecular weight excluding hydrogens is 292 g/mol. The molecule has 136 valence electrons. The van der Waals surface area contributed by atoms with E-state index >= 15 is 0 Å². The van der Waals surface area contributed by atoms with E-state index < -0.39 is 0 Å². The van der Waals surface area contributed by atoms with Gasteiger partial charge in [-0.15, -0.1) is 0 Å². The zero-order valence-corrected chi connectivity index (χ0v) is 16.1. The number of hydrogen-bond acceptors (Lipinski definition) is 2. The molecule has 3 N–H and O–H groups in total. The summed E-state index contributed by atoms with van der Waals surface area (Å²) in [6, 6.07) is 1.22. The van der Waals surface area contributed by atoms with Crippen LogP contribution in [0.3, 0.4) is 0 Å². The minimum absolute atomic E-state index is 0.464. The van der Waals surface area contributed by atoms with Gasteiger partial charge in [0.2, 0.25) is 0 Å². The summed E-state index contributed by atoms with van der Waals surface area (Å²) in [5, 5.41) is 4.00. The van der Waals surface area contributed by atoms with E-state index in [4.69, 9.17) is 5.73 Å². The summed E-state index contributed by atoms with van der Waals surface area (Å²) in [4.78, 5) is 0. The first kappa shape index (κ1) is 18.2. The van der Waals surface area contributed by atoms with E-state index in [1.54, 1.807) is 0 Å². The van der Waals surface area contributed by atoms with Crippen LogP contribution in [0.2, 0.25) is 0 Å². The van der Waals surface area contributed by atoms with Gasteiger partial charge >= 0.3 is 0 Å². The molecule has 0 spiro atoms. The van der Waals surface area contributed by atoms with E-state index in [0.717, 1.165) is 42.7 Å². The lowest BCUT2D eigenvalue weighted by Crippen LogP contribution is -2.57. The van der Waals surface area contributed by atoms with Crippen LogP contribution in [-0.2, 0) is 0 Å². The number of nitrogens with one attached hydrogen (secondary N) is 1. The average Bonchev–Trinajstić information content (AvgIpc) is 2.52. The first-order chi connectivity index (χ1) is 11.5. The molecule has 4 bridgehead atoms. The summed E-state index contributed by atoms with van der Waals surface area (Å²) in [5.74, 6) is 3.99. The smallest absolute Gasteiger partial charge is 0.0227 e. The van der Waals surface area contributed by atoms with Crippen molar-refractivity contribution in [1.82, 2.24) is 5.32 Å². The van der Waals surface area contributed by atoms with Crippen LogP contribution in [-0.4, -0.2) is 18.6 Å². The Kier molecular flexibility index (Phi) is 6.21. The third-order valence-corrected chi connectivity index (χ3v) is 6.78. The Morgan fingerprint density at radius 1 is 1.00 bits per heavy atom. The lowest BCUT2D eigenvalue weighted by molar-refractivity contribution is -0.0172. The Bertz CT molecular complexity index is 444. The van der Waals surface area contributed by atoms with Crippen molar-refractivity contribution in [1.29, 1.82) is 0 Å². The van der Waals surface area contributed by atoms with Crippen molar-refractivity contribution in [2.75, 3.05) is 6.54 Å². The third-order valence-electron chi connectivity index (χ3n) is 6.78. The van der Waals surface area contributed by atoms with Gasteiger partial charge in [0.1, 0.15) is 0 Å². The molecule has 24 heavy (non-hydrogen) atoms. The molecule has 0 amide bonds. The van der Waals surface area contributed by atoms with Crippen LogP contribution in [0.4, 0.5) is 0 Å². The molecule has 2 heteroatoms. The molecule has 0 aliphatic heterocycles. The second-order valence-corrected chi connectivity index (χ2v) is 9.16. The van der Waals surface area contributed by atoms with Gasteiger partial charge in [0.25, 0.3) is 0 Å². The first-order valence-electron chi connectivity index (χ1n) is 10.3. The Morgan fingerprint density at radius 2 is 1.62 bits per heavy atom. The molecule has 0 radical (unpaired) electrons. The van der Waals surface area contributed by atoms with E-state index in [1.807, 2.05) is 0 Å². The van der Waals surface area contributed by atoms with Gasteiger partial charge in [-0.3, -0.25) is 0 Å². The van der Waals surface area contributed by atoms with Crippen LogP contribution in [0.25, 0.3) is 0 Å². The van der Waals surface area contributed by atoms with E-state index in [1.165, 1.54) is 56.1 Å². The lowest BCUT2D eigenvalue weighted by Gasteiger charge is -2.55. The molecule has 4 aliphatic rings.